The average molecular weight is 705 g/mol. The van der Waals surface area contributed by atoms with E-state index < -0.39 is 25.0 Å². The molecule has 5 atom stereocenters. The molecule has 3 rings (SSSR count). The zero-order chi connectivity index (χ0) is 34.8. The minimum atomic E-state index is -2.29. The molecular formula is C37H64O5SSi3. The zero-order valence-electron chi connectivity index (χ0n) is 31.5. The van der Waals surface area contributed by atoms with E-state index in [-0.39, 0.29) is 45.0 Å². The van der Waals surface area contributed by atoms with Gasteiger partial charge in [-0.25, -0.2) is 0 Å². The monoisotopic (exact) mass is 704 g/mol. The fourth-order valence-electron chi connectivity index (χ4n) is 4.56. The highest BCUT2D eigenvalue weighted by Crippen LogP contribution is 2.48. The lowest BCUT2D eigenvalue weighted by Crippen LogP contribution is -2.67. The summed E-state index contributed by atoms with van der Waals surface area (Å²) in [5, 5.41) is 0.0348. The van der Waals surface area contributed by atoms with Crippen molar-refractivity contribution >= 4 is 36.7 Å². The second-order valence-corrected chi connectivity index (χ2v) is 32.9. The van der Waals surface area contributed by atoms with Crippen LogP contribution in [-0.2, 0) is 29.4 Å². The third-order valence-corrected chi connectivity index (χ3v) is 25.3. The van der Waals surface area contributed by atoms with Crippen molar-refractivity contribution in [3.8, 4) is 0 Å². The first kappa shape index (κ1) is 39.7. The van der Waals surface area contributed by atoms with Crippen LogP contribution in [0.3, 0.4) is 0 Å². The van der Waals surface area contributed by atoms with Gasteiger partial charge in [0, 0.05) is 4.90 Å². The van der Waals surface area contributed by atoms with Crippen LogP contribution in [0.5, 0.6) is 0 Å². The first-order chi connectivity index (χ1) is 21.0. The molecule has 0 amide bonds. The quantitative estimate of drug-likeness (QED) is 0.205. The Kier molecular flexibility index (Phi) is 12.9. The van der Waals surface area contributed by atoms with Crippen LogP contribution in [0.25, 0.3) is 0 Å². The predicted molar refractivity (Wildman–Crippen MR) is 203 cm³/mol. The van der Waals surface area contributed by atoms with Gasteiger partial charge in [0.15, 0.2) is 25.0 Å². The fraction of sp³-hybridized carbons (Fsp3) is 0.676. The summed E-state index contributed by atoms with van der Waals surface area (Å²) in [6.07, 6.45) is -1.30. The van der Waals surface area contributed by atoms with Crippen LogP contribution in [0.15, 0.2) is 65.6 Å². The maximum atomic E-state index is 7.53. The van der Waals surface area contributed by atoms with Crippen LogP contribution in [-0.4, -0.2) is 61.4 Å². The summed E-state index contributed by atoms with van der Waals surface area (Å²) in [5.41, 5.74) is 0.847. The molecule has 46 heavy (non-hydrogen) atoms. The van der Waals surface area contributed by atoms with E-state index in [1.165, 1.54) is 0 Å². The Morgan fingerprint density at radius 2 is 1.00 bits per heavy atom. The highest BCUT2D eigenvalue weighted by atomic mass is 32.2. The van der Waals surface area contributed by atoms with Gasteiger partial charge in [0.1, 0.15) is 29.9 Å². The summed E-state index contributed by atoms with van der Waals surface area (Å²) in [7, 11) is -6.82. The number of benzene rings is 2. The molecule has 0 bridgehead atoms. The van der Waals surface area contributed by atoms with E-state index in [1.807, 2.05) is 6.07 Å². The molecule has 0 unspecified atom stereocenters. The molecule has 0 radical (unpaired) electrons. The first-order valence-corrected chi connectivity index (χ1v) is 26.6. The molecule has 1 fully saturated rings. The van der Waals surface area contributed by atoms with Gasteiger partial charge in [0.25, 0.3) is 0 Å². The van der Waals surface area contributed by atoms with Gasteiger partial charge in [-0.15, -0.1) is 0 Å². The van der Waals surface area contributed by atoms with Gasteiger partial charge in [0.05, 0.1) is 13.2 Å². The van der Waals surface area contributed by atoms with Crippen LogP contribution in [0, 0.1) is 0 Å². The molecular weight excluding hydrogens is 641 g/mol. The van der Waals surface area contributed by atoms with E-state index in [4.69, 9.17) is 22.8 Å². The Bertz CT molecular complexity index is 1220. The number of hydrogen-bond acceptors (Lipinski definition) is 6. The van der Waals surface area contributed by atoms with Gasteiger partial charge >= 0.3 is 0 Å². The smallest absolute Gasteiger partial charge is 0.192 e. The second-order valence-electron chi connectivity index (χ2n) is 17.5. The Hall–Kier alpha value is -0.759. The summed E-state index contributed by atoms with van der Waals surface area (Å²) in [6, 6.07) is 20.9. The molecule has 5 nitrogen and oxygen atoms in total. The molecule has 0 spiro atoms. The van der Waals surface area contributed by atoms with Crippen LogP contribution in [0.4, 0.5) is 0 Å². The van der Waals surface area contributed by atoms with E-state index in [0.717, 1.165) is 10.5 Å². The highest BCUT2D eigenvalue weighted by molar-refractivity contribution is 7.99. The summed E-state index contributed by atoms with van der Waals surface area (Å²) >= 11 is 1.73. The number of thioether (sulfide) groups is 1. The highest BCUT2D eigenvalue weighted by Gasteiger charge is 2.56. The maximum Gasteiger partial charge on any atom is 0.192 e. The molecule has 2 aromatic rings. The van der Waals surface area contributed by atoms with Crippen molar-refractivity contribution in [3.63, 3.8) is 0 Å². The largest absolute Gasteiger partial charge is 0.408 e. The van der Waals surface area contributed by atoms with Gasteiger partial charge in [-0.2, -0.15) is 0 Å². The van der Waals surface area contributed by atoms with Crippen LogP contribution in [0.1, 0.15) is 67.9 Å². The van der Waals surface area contributed by atoms with Gasteiger partial charge in [-0.1, -0.05) is 123 Å². The Labute approximate surface area is 289 Å². The summed E-state index contributed by atoms with van der Waals surface area (Å²) < 4.78 is 36.0. The van der Waals surface area contributed by atoms with Crippen molar-refractivity contribution in [2.24, 2.45) is 0 Å². The predicted octanol–water partition coefficient (Wildman–Crippen LogP) is 10.9. The molecule has 1 aliphatic rings. The van der Waals surface area contributed by atoms with E-state index in [2.05, 4.69) is 156 Å². The minimum absolute atomic E-state index is 0.00932. The molecule has 2 aromatic carbocycles. The molecule has 1 saturated heterocycles. The minimum Gasteiger partial charge on any atom is -0.408 e. The van der Waals surface area contributed by atoms with Gasteiger partial charge in [-0.3, -0.25) is 0 Å². The summed E-state index contributed by atoms with van der Waals surface area (Å²) in [5.74, 6) is 0. The number of hydrogen-bond donors (Lipinski definition) is 0. The van der Waals surface area contributed by atoms with Crippen LogP contribution >= 0.6 is 11.8 Å². The zero-order valence-corrected chi connectivity index (χ0v) is 35.3. The van der Waals surface area contributed by atoms with E-state index >= 15 is 0 Å². The molecule has 0 aliphatic carbocycles. The Morgan fingerprint density at radius 1 is 0.587 bits per heavy atom. The van der Waals surface area contributed by atoms with Crippen LogP contribution < -0.4 is 0 Å². The van der Waals surface area contributed by atoms with Gasteiger partial charge < -0.3 is 22.8 Å². The van der Waals surface area contributed by atoms with Crippen molar-refractivity contribution in [1.29, 1.82) is 0 Å². The van der Waals surface area contributed by atoms with Crippen molar-refractivity contribution in [3.05, 3.63) is 66.2 Å². The third kappa shape index (κ3) is 10.1. The summed E-state index contributed by atoms with van der Waals surface area (Å²) in [4.78, 5) is 1.15. The molecule has 260 valence electrons. The Balaban J connectivity index is 2.17. The standard InChI is InChI=1S/C37H64O5SSi3/c1-35(2,3)44(10,11)40-31-30(27-38-26-28-22-18-16-19-23-28)39-34(43-29-24-20-17-21-25-29)33(42-46(14,15)37(7,8)9)32(31)41-45(12,13)36(4,5)6/h16-25,30-34H,26-27H2,1-15H3/t30-,31-,32+,33-,34+/m1/s1. The average Bonchev–Trinajstić information content (AvgIpc) is 2.91. The second kappa shape index (κ2) is 15.0. The lowest BCUT2D eigenvalue weighted by atomic mass is 10.0. The number of ether oxygens (including phenoxy) is 2. The van der Waals surface area contributed by atoms with Gasteiger partial charge in [0.2, 0.25) is 0 Å². The maximum absolute atomic E-state index is 7.53. The third-order valence-electron chi connectivity index (χ3n) is 10.7. The van der Waals surface area contributed by atoms with Crippen molar-refractivity contribution in [2.45, 2.75) is 158 Å². The van der Waals surface area contributed by atoms with E-state index in [1.54, 1.807) is 11.8 Å². The van der Waals surface area contributed by atoms with Crippen molar-refractivity contribution in [1.82, 2.24) is 0 Å². The molecule has 1 aliphatic heterocycles. The Morgan fingerprint density at radius 3 is 1.46 bits per heavy atom. The normalized spacial score (nSPS) is 23.8. The number of rotatable bonds is 12. The first-order valence-electron chi connectivity index (χ1n) is 17.0. The lowest BCUT2D eigenvalue weighted by Gasteiger charge is -2.54. The molecule has 0 N–H and O–H groups in total. The van der Waals surface area contributed by atoms with Gasteiger partial charge in [-0.05, 0) is 72.1 Å². The molecule has 0 aromatic heterocycles. The topological polar surface area (TPSA) is 46.2 Å². The lowest BCUT2D eigenvalue weighted by molar-refractivity contribution is -0.198. The van der Waals surface area contributed by atoms with Crippen LogP contribution in [0.2, 0.25) is 54.4 Å². The van der Waals surface area contributed by atoms with Crippen molar-refractivity contribution < 1.29 is 22.8 Å². The molecule has 0 saturated carbocycles. The van der Waals surface area contributed by atoms with Crippen molar-refractivity contribution in [2.75, 3.05) is 6.61 Å². The molecule has 1 heterocycles. The molecule has 9 heteroatoms. The van der Waals surface area contributed by atoms with E-state index in [9.17, 15) is 0 Å². The van der Waals surface area contributed by atoms with E-state index in [0.29, 0.717) is 13.2 Å². The fourth-order valence-corrected chi connectivity index (χ4v) is 9.70. The SMILES string of the molecule is CC(C)(C)[Si](C)(C)O[C@@H]1[C@@H](O[Si](C)(C)C(C)(C)C)[C@H](Sc2ccccc2)O[C@H](COCc2ccccc2)[C@H]1O[Si](C)(C)C(C)(C)C. The summed E-state index contributed by atoms with van der Waals surface area (Å²) in [6.45, 7) is 35.6.